The standard InChI is InChI=1S/C20H15F7N2O3/c21-13-3-4-16-15(9-13)28-17(30)10-29(16)18(31)2-1-5-32-14-7-11(19(22,23)24)6-12(8-14)20(25,26)27/h3-4,6-9H,1-2,5,10H2,(H,28,30). The Kier molecular flexibility index (Phi) is 6.33. The molecule has 0 aromatic heterocycles. The van der Waals surface area contributed by atoms with Gasteiger partial charge in [-0.25, -0.2) is 4.39 Å². The number of carbonyl (C=O) groups excluding carboxylic acids is 2. The van der Waals surface area contributed by atoms with E-state index in [0.29, 0.717) is 12.1 Å². The van der Waals surface area contributed by atoms with Gasteiger partial charge in [-0.05, 0) is 42.8 Å². The maximum Gasteiger partial charge on any atom is 0.416 e. The topological polar surface area (TPSA) is 58.6 Å². The third-order valence-corrected chi connectivity index (χ3v) is 4.49. The Bertz CT molecular complexity index is 1000. The van der Waals surface area contributed by atoms with E-state index < -0.39 is 46.9 Å². The highest BCUT2D eigenvalue weighted by Gasteiger charge is 2.37. The van der Waals surface area contributed by atoms with E-state index in [-0.39, 0.29) is 43.4 Å². The molecular weight excluding hydrogens is 449 g/mol. The summed E-state index contributed by atoms with van der Waals surface area (Å²) in [5.74, 6) is -2.35. The molecule has 2 aromatic rings. The lowest BCUT2D eigenvalue weighted by Crippen LogP contribution is -2.42. The van der Waals surface area contributed by atoms with Crippen molar-refractivity contribution in [2.24, 2.45) is 0 Å². The Morgan fingerprint density at radius 1 is 1.00 bits per heavy atom. The summed E-state index contributed by atoms with van der Waals surface area (Å²) in [6.45, 7) is -0.665. The molecule has 0 atom stereocenters. The van der Waals surface area contributed by atoms with Crippen LogP contribution < -0.4 is 15.0 Å². The molecule has 3 rings (SSSR count). The highest BCUT2D eigenvalue weighted by molar-refractivity contribution is 6.09. The number of nitrogens with zero attached hydrogens (tertiary/aromatic N) is 1. The number of alkyl halides is 6. The Labute approximate surface area is 176 Å². The van der Waals surface area contributed by atoms with Gasteiger partial charge in [0, 0.05) is 6.42 Å². The van der Waals surface area contributed by atoms with Gasteiger partial charge in [0.1, 0.15) is 18.1 Å². The molecule has 5 nitrogen and oxygen atoms in total. The normalized spacial score (nSPS) is 14.1. The van der Waals surface area contributed by atoms with Crippen molar-refractivity contribution in [3.8, 4) is 5.75 Å². The fourth-order valence-corrected chi connectivity index (χ4v) is 3.04. The summed E-state index contributed by atoms with van der Waals surface area (Å²) < 4.78 is 95.7. The number of halogens is 7. The van der Waals surface area contributed by atoms with Crippen LogP contribution in [0.2, 0.25) is 0 Å². The van der Waals surface area contributed by atoms with Crippen molar-refractivity contribution < 1.29 is 45.1 Å². The summed E-state index contributed by atoms with van der Waals surface area (Å²) in [6.07, 6.45) is -10.3. The Morgan fingerprint density at radius 3 is 2.22 bits per heavy atom. The molecule has 172 valence electrons. The van der Waals surface area contributed by atoms with Crippen LogP contribution in [0.25, 0.3) is 0 Å². The number of ether oxygens (including phenoxy) is 1. The first-order valence-corrected chi connectivity index (χ1v) is 9.16. The van der Waals surface area contributed by atoms with Gasteiger partial charge in [-0.2, -0.15) is 26.3 Å². The smallest absolute Gasteiger partial charge is 0.416 e. The first-order valence-electron chi connectivity index (χ1n) is 9.16. The van der Waals surface area contributed by atoms with Gasteiger partial charge in [0.2, 0.25) is 11.8 Å². The molecule has 2 amide bonds. The molecule has 0 spiro atoms. The number of hydrogen-bond donors (Lipinski definition) is 1. The zero-order valence-electron chi connectivity index (χ0n) is 16.1. The van der Waals surface area contributed by atoms with Crippen LogP contribution in [0, 0.1) is 5.82 Å². The number of hydrogen-bond acceptors (Lipinski definition) is 3. The van der Waals surface area contributed by atoms with Crippen LogP contribution in [0.3, 0.4) is 0 Å². The van der Waals surface area contributed by atoms with E-state index >= 15 is 0 Å². The average molecular weight is 464 g/mol. The van der Waals surface area contributed by atoms with Gasteiger partial charge < -0.3 is 15.0 Å². The summed E-state index contributed by atoms with van der Waals surface area (Å²) in [5.41, 5.74) is -2.65. The minimum absolute atomic E-state index is 0.0158. The van der Waals surface area contributed by atoms with E-state index in [1.807, 2.05) is 0 Å². The number of amides is 2. The summed E-state index contributed by atoms with van der Waals surface area (Å²) in [4.78, 5) is 25.3. The predicted molar refractivity (Wildman–Crippen MR) is 98.6 cm³/mol. The molecule has 0 unspecified atom stereocenters. The van der Waals surface area contributed by atoms with Crippen molar-refractivity contribution in [1.82, 2.24) is 0 Å². The minimum atomic E-state index is -5.00. The van der Waals surface area contributed by atoms with E-state index in [1.54, 1.807) is 0 Å². The SMILES string of the molecule is O=C1CN(C(=O)CCCOc2cc(C(F)(F)F)cc(C(F)(F)F)c2)c2ccc(F)cc2N1. The third kappa shape index (κ3) is 5.48. The van der Waals surface area contributed by atoms with E-state index in [0.717, 1.165) is 17.0 Å². The summed E-state index contributed by atoms with van der Waals surface area (Å²) >= 11 is 0. The number of nitrogens with one attached hydrogen (secondary N) is 1. The maximum atomic E-state index is 13.4. The van der Waals surface area contributed by atoms with Crippen LogP contribution in [0.15, 0.2) is 36.4 Å². The number of benzene rings is 2. The van der Waals surface area contributed by atoms with Crippen LogP contribution in [0.4, 0.5) is 42.1 Å². The fraction of sp³-hybridized carbons (Fsp3) is 0.300. The van der Waals surface area contributed by atoms with Crippen LogP contribution in [0.1, 0.15) is 24.0 Å². The molecule has 32 heavy (non-hydrogen) atoms. The molecule has 0 fully saturated rings. The summed E-state index contributed by atoms with van der Waals surface area (Å²) in [7, 11) is 0. The molecule has 12 heteroatoms. The second-order valence-electron chi connectivity index (χ2n) is 6.88. The monoisotopic (exact) mass is 464 g/mol. The molecular formula is C20H15F7N2O3. The van der Waals surface area contributed by atoms with E-state index in [4.69, 9.17) is 4.74 Å². The molecule has 0 bridgehead atoms. The molecule has 1 heterocycles. The summed E-state index contributed by atoms with van der Waals surface area (Å²) in [6, 6.07) is 4.32. The highest BCUT2D eigenvalue weighted by atomic mass is 19.4. The van der Waals surface area contributed by atoms with Crippen molar-refractivity contribution in [1.29, 1.82) is 0 Å². The second kappa shape index (κ2) is 8.67. The van der Waals surface area contributed by atoms with Gasteiger partial charge in [-0.1, -0.05) is 0 Å². The third-order valence-electron chi connectivity index (χ3n) is 4.49. The lowest BCUT2D eigenvalue weighted by atomic mass is 10.1. The van der Waals surface area contributed by atoms with Crippen LogP contribution in [0.5, 0.6) is 5.75 Å². The number of carbonyl (C=O) groups is 2. The largest absolute Gasteiger partial charge is 0.494 e. The van der Waals surface area contributed by atoms with Crippen molar-refractivity contribution in [3.05, 3.63) is 53.3 Å². The van der Waals surface area contributed by atoms with Gasteiger partial charge >= 0.3 is 12.4 Å². The van der Waals surface area contributed by atoms with Gasteiger partial charge in [0.15, 0.2) is 0 Å². The molecule has 0 saturated carbocycles. The van der Waals surface area contributed by atoms with E-state index in [1.165, 1.54) is 6.07 Å². The minimum Gasteiger partial charge on any atom is -0.494 e. The summed E-state index contributed by atoms with van der Waals surface area (Å²) in [5, 5.41) is 2.43. The lowest BCUT2D eigenvalue weighted by Gasteiger charge is -2.29. The van der Waals surface area contributed by atoms with Gasteiger partial charge in [-0.15, -0.1) is 0 Å². The molecule has 1 aliphatic heterocycles. The van der Waals surface area contributed by atoms with E-state index in [2.05, 4.69) is 5.32 Å². The van der Waals surface area contributed by atoms with Crippen molar-refractivity contribution in [3.63, 3.8) is 0 Å². The zero-order chi connectivity index (χ0) is 23.7. The van der Waals surface area contributed by atoms with Gasteiger partial charge in [0.25, 0.3) is 0 Å². The van der Waals surface area contributed by atoms with Crippen LogP contribution in [-0.2, 0) is 21.9 Å². The Hall–Kier alpha value is -3.31. The number of fused-ring (bicyclic) bond motifs is 1. The van der Waals surface area contributed by atoms with Crippen LogP contribution in [-0.4, -0.2) is 25.0 Å². The van der Waals surface area contributed by atoms with Crippen molar-refractivity contribution >= 4 is 23.2 Å². The molecule has 0 radical (unpaired) electrons. The Balaban J connectivity index is 1.65. The van der Waals surface area contributed by atoms with Crippen molar-refractivity contribution in [2.75, 3.05) is 23.4 Å². The average Bonchev–Trinajstić information content (AvgIpc) is 2.68. The van der Waals surface area contributed by atoms with Gasteiger partial charge in [0.05, 0.1) is 29.1 Å². The van der Waals surface area contributed by atoms with Gasteiger partial charge in [-0.3, -0.25) is 9.59 Å². The first-order chi connectivity index (χ1) is 14.8. The fourth-order valence-electron chi connectivity index (χ4n) is 3.04. The predicted octanol–water partition coefficient (Wildman–Crippen LogP) is 5.01. The molecule has 1 aliphatic rings. The van der Waals surface area contributed by atoms with E-state index in [9.17, 15) is 40.3 Å². The highest BCUT2D eigenvalue weighted by Crippen LogP contribution is 2.38. The molecule has 0 saturated heterocycles. The van der Waals surface area contributed by atoms with Crippen molar-refractivity contribution in [2.45, 2.75) is 25.2 Å². The zero-order valence-corrected chi connectivity index (χ0v) is 16.1. The molecule has 0 aliphatic carbocycles. The second-order valence-corrected chi connectivity index (χ2v) is 6.88. The maximum absolute atomic E-state index is 13.4. The van der Waals surface area contributed by atoms with Crippen LogP contribution >= 0.6 is 0 Å². The molecule has 2 aromatic carbocycles. The lowest BCUT2D eigenvalue weighted by molar-refractivity contribution is -0.143. The number of anilines is 2. The first kappa shape index (κ1) is 23.4. The quantitative estimate of drug-likeness (QED) is 0.500. The molecule has 1 N–H and O–H groups in total. The number of rotatable bonds is 5. The Morgan fingerprint density at radius 2 is 1.62 bits per heavy atom.